The number of halogens is 1. The Morgan fingerprint density at radius 2 is 1.79 bits per heavy atom. The molecule has 1 aromatic heterocycles. The fraction of sp³-hybridized carbons (Fsp3) is 0. The first-order valence-electron chi connectivity index (χ1n) is 6.94. The van der Waals surface area contributed by atoms with Crippen LogP contribution in [0.5, 0.6) is 0 Å². The number of amides is 1. The number of carbonyl (C=O) groups is 1. The molecule has 0 atom stereocenters. The van der Waals surface area contributed by atoms with Crippen LogP contribution in [0.25, 0.3) is 11.0 Å². The number of nitrogens with one attached hydrogen (secondary N) is 2. The Hall–Kier alpha value is -2.51. The highest BCUT2D eigenvalue weighted by molar-refractivity contribution is 9.10. The molecule has 1 amide bonds. The van der Waals surface area contributed by atoms with Crippen LogP contribution in [-0.2, 0) is 0 Å². The van der Waals surface area contributed by atoms with E-state index in [0.717, 1.165) is 4.47 Å². The van der Waals surface area contributed by atoms with Gasteiger partial charge < -0.3 is 9.73 Å². The topological polar surface area (TPSA) is 71.3 Å². The highest BCUT2D eigenvalue weighted by Gasteiger charge is 2.15. The largest absolute Gasteiger partial charge is 0.422 e. The monoisotopic (exact) mass is 402 g/mol. The maximum absolute atomic E-state index is 12.3. The molecule has 0 radical (unpaired) electrons. The van der Waals surface area contributed by atoms with Crippen molar-refractivity contribution in [1.29, 1.82) is 0 Å². The summed E-state index contributed by atoms with van der Waals surface area (Å²) in [6, 6.07) is 15.7. The minimum atomic E-state index is -0.711. The zero-order chi connectivity index (χ0) is 17.1. The van der Waals surface area contributed by atoms with Crippen molar-refractivity contribution in [3.8, 4) is 0 Å². The zero-order valence-electron chi connectivity index (χ0n) is 12.2. The second-order valence-electron chi connectivity index (χ2n) is 4.90. The minimum absolute atomic E-state index is 0.0925. The Labute approximate surface area is 150 Å². The van der Waals surface area contributed by atoms with Gasteiger partial charge in [-0.05, 0) is 48.6 Å². The summed E-state index contributed by atoms with van der Waals surface area (Å²) >= 11 is 8.43. The van der Waals surface area contributed by atoms with Crippen molar-refractivity contribution in [3.05, 3.63) is 75.1 Å². The summed E-state index contributed by atoms with van der Waals surface area (Å²) < 4.78 is 6.07. The van der Waals surface area contributed by atoms with E-state index >= 15 is 0 Å². The number of rotatable bonds is 2. The third-order valence-electron chi connectivity index (χ3n) is 3.22. The molecule has 0 fully saturated rings. The molecule has 0 unspecified atom stereocenters. The SMILES string of the molecule is O=C(NC(=S)Nc1ccc(Br)cc1)c1cc2ccccc2oc1=O. The van der Waals surface area contributed by atoms with Crippen molar-refractivity contribution in [2.75, 3.05) is 5.32 Å². The molecule has 5 nitrogen and oxygen atoms in total. The molecule has 2 N–H and O–H groups in total. The van der Waals surface area contributed by atoms with Crippen molar-refractivity contribution in [3.63, 3.8) is 0 Å². The lowest BCUT2D eigenvalue weighted by atomic mass is 10.2. The van der Waals surface area contributed by atoms with Gasteiger partial charge >= 0.3 is 5.63 Å². The summed E-state index contributed by atoms with van der Waals surface area (Å²) in [5.74, 6) is -0.621. The predicted octanol–water partition coefficient (Wildman–Crippen LogP) is 3.68. The molecule has 0 aliphatic carbocycles. The van der Waals surface area contributed by atoms with E-state index in [1.807, 2.05) is 12.1 Å². The molecule has 1 heterocycles. The predicted molar refractivity (Wildman–Crippen MR) is 100 cm³/mol. The number of hydrogen-bond donors (Lipinski definition) is 2. The Bertz CT molecular complexity index is 983. The van der Waals surface area contributed by atoms with E-state index in [-0.39, 0.29) is 10.7 Å². The molecule has 0 saturated heterocycles. The molecule has 0 spiro atoms. The van der Waals surface area contributed by atoms with Gasteiger partial charge in [-0.15, -0.1) is 0 Å². The molecule has 2 aromatic carbocycles. The van der Waals surface area contributed by atoms with Gasteiger partial charge in [0.1, 0.15) is 11.1 Å². The molecule has 3 rings (SSSR count). The maximum atomic E-state index is 12.3. The van der Waals surface area contributed by atoms with E-state index in [9.17, 15) is 9.59 Å². The van der Waals surface area contributed by atoms with Crippen LogP contribution in [0.3, 0.4) is 0 Å². The Balaban J connectivity index is 1.77. The van der Waals surface area contributed by atoms with E-state index in [4.69, 9.17) is 16.6 Å². The second kappa shape index (κ2) is 6.94. The van der Waals surface area contributed by atoms with Gasteiger partial charge in [-0.2, -0.15) is 0 Å². The molecular formula is C17H11BrN2O3S. The third kappa shape index (κ3) is 3.69. The van der Waals surface area contributed by atoms with Crippen LogP contribution in [0, 0.1) is 0 Å². The number of fused-ring (bicyclic) bond motifs is 1. The average molecular weight is 403 g/mol. The van der Waals surface area contributed by atoms with E-state index in [2.05, 4.69) is 26.6 Å². The number of hydrogen-bond acceptors (Lipinski definition) is 4. The fourth-order valence-corrected chi connectivity index (χ4v) is 2.56. The van der Waals surface area contributed by atoms with E-state index in [0.29, 0.717) is 16.7 Å². The summed E-state index contributed by atoms with van der Waals surface area (Å²) in [4.78, 5) is 24.2. The standard InChI is InChI=1S/C17H11BrN2O3S/c18-11-5-7-12(8-6-11)19-17(24)20-15(21)13-9-10-3-1-2-4-14(10)23-16(13)22/h1-9H,(H2,19,20,21,24). The van der Waals surface area contributed by atoms with Gasteiger partial charge in [0.15, 0.2) is 5.11 Å². The summed E-state index contributed by atoms with van der Waals surface area (Å²) in [5.41, 5.74) is 0.329. The molecule has 120 valence electrons. The second-order valence-corrected chi connectivity index (χ2v) is 6.22. The molecular weight excluding hydrogens is 392 g/mol. The van der Waals surface area contributed by atoms with Gasteiger partial charge in [-0.1, -0.05) is 34.1 Å². The lowest BCUT2D eigenvalue weighted by Crippen LogP contribution is -2.36. The highest BCUT2D eigenvalue weighted by atomic mass is 79.9. The van der Waals surface area contributed by atoms with E-state index in [1.54, 1.807) is 36.4 Å². The van der Waals surface area contributed by atoms with Crippen LogP contribution in [0.4, 0.5) is 5.69 Å². The number of carbonyl (C=O) groups excluding carboxylic acids is 1. The van der Waals surface area contributed by atoms with Crippen LogP contribution >= 0.6 is 28.1 Å². The molecule has 24 heavy (non-hydrogen) atoms. The zero-order valence-corrected chi connectivity index (χ0v) is 14.6. The number of thiocarbonyl (C=S) groups is 1. The first-order valence-corrected chi connectivity index (χ1v) is 8.14. The molecule has 0 aliphatic rings. The van der Waals surface area contributed by atoms with Gasteiger partial charge in [0.25, 0.3) is 5.91 Å². The van der Waals surface area contributed by atoms with Crippen molar-refractivity contribution in [1.82, 2.24) is 5.32 Å². The van der Waals surface area contributed by atoms with Crippen LogP contribution in [0.2, 0.25) is 0 Å². The Morgan fingerprint density at radius 1 is 1.08 bits per heavy atom. The van der Waals surface area contributed by atoms with Crippen molar-refractivity contribution in [2.24, 2.45) is 0 Å². The van der Waals surface area contributed by atoms with Gasteiger partial charge in [0, 0.05) is 15.5 Å². The van der Waals surface area contributed by atoms with Crippen LogP contribution in [0.1, 0.15) is 10.4 Å². The molecule has 3 aromatic rings. The average Bonchev–Trinajstić information content (AvgIpc) is 2.56. The van der Waals surface area contributed by atoms with Crippen molar-refractivity contribution in [2.45, 2.75) is 0 Å². The van der Waals surface area contributed by atoms with Crippen LogP contribution < -0.4 is 16.3 Å². The maximum Gasteiger partial charge on any atom is 0.349 e. The first kappa shape index (κ1) is 16.4. The van der Waals surface area contributed by atoms with E-state index in [1.165, 1.54) is 6.07 Å². The molecule has 0 aliphatic heterocycles. The van der Waals surface area contributed by atoms with Crippen LogP contribution in [0.15, 0.2) is 68.3 Å². The smallest absolute Gasteiger partial charge is 0.349 e. The fourth-order valence-electron chi connectivity index (χ4n) is 2.09. The summed E-state index contributed by atoms with van der Waals surface area (Å²) in [7, 11) is 0. The highest BCUT2D eigenvalue weighted by Crippen LogP contribution is 2.14. The van der Waals surface area contributed by atoms with Crippen LogP contribution in [-0.4, -0.2) is 11.0 Å². The number of anilines is 1. The van der Waals surface area contributed by atoms with Gasteiger partial charge in [-0.25, -0.2) is 4.79 Å². The number of para-hydroxylation sites is 1. The lowest BCUT2D eigenvalue weighted by Gasteiger charge is -2.09. The summed E-state index contributed by atoms with van der Waals surface area (Å²) in [6.07, 6.45) is 0. The number of benzene rings is 2. The molecule has 0 bridgehead atoms. The summed E-state index contributed by atoms with van der Waals surface area (Å²) in [6.45, 7) is 0. The van der Waals surface area contributed by atoms with Gasteiger partial charge in [0.2, 0.25) is 0 Å². The minimum Gasteiger partial charge on any atom is -0.422 e. The third-order valence-corrected chi connectivity index (χ3v) is 3.95. The normalized spacial score (nSPS) is 10.4. The Kier molecular flexibility index (Phi) is 4.73. The molecule has 7 heteroatoms. The quantitative estimate of drug-likeness (QED) is 0.505. The van der Waals surface area contributed by atoms with Gasteiger partial charge in [-0.3, -0.25) is 10.1 Å². The van der Waals surface area contributed by atoms with Crippen molar-refractivity contribution >= 4 is 55.8 Å². The Morgan fingerprint density at radius 3 is 2.54 bits per heavy atom. The molecule has 0 saturated carbocycles. The first-order chi connectivity index (χ1) is 11.5. The summed E-state index contributed by atoms with van der Waals surface area (Å²) in [5, 5.41) is 6.10. The van der Waals surface area contributed by atoms with E-state index < -0.39 is 11.5 Å². The van der Waals surface area contributed by atoms with Gasteiger partial charge in [0.05, 0.1) is 0 Å². The lowest BCUT2D eigenvalue weighted by molar-refractivity contribution is 0.0974. The van der Waals surface area contributed by atoms with Crippen molar-refractivity contribution < 1.29 is 9.21 Å².